The van der Waals surface area contributed by atoms with Crippen LogP contribution in [0.4, 0.5) is 39.4 Å². The number of amides is 3. The number of carbonyl (C=O) groups excluding carboxylic acids is 3. The second-order valence-electron chi connectivity index (χ2n) is 26.9. The van der Waals surface area contributed by atoms with E-state index >= 15 is 0 Å². The molecule has 3 amide bonds. The van der Waals surface area contributed by atoms with Crippen molar-refractivity contribution < 1.29 is 50.5 Å². The highest BCUT2D eigenvalue weighted by molar-refractivity contribution is 8.00. The van der Waals surface area contributed by atoms with Gasteiger partial charge in [-0.15, -0.1) is 35.3 Å². The van der Waals surface area contributed by atoms with Crippen molar-refractivity contribution in [1.29, 1.82) is 0 Å². The van der Waals surface area contributed by atoms with Gasteiger partial charge in [-0.25, -0.2) is 36.3 Å². The highest BCUT2D eigenvalue weighted by Gasteiger charge is 2.39. The Balaban J connectivity index is 0.000000145. The minimum atomic E-state index is -0.876. The first-order valence-electron chi connectivity index (χ1n) is 34.9. The summed E-state index contributed by atoms with van der Waals surface area (Å²) in [5.74, 6) is -0.845. The Kier molecular flexibility index (Phi) is 24.2. The number of halogens is 9. The van der Waals surface area contributed by atoms with Crippen molar-refractivity contribution in [3.05, 3.63) is 191 Å². The minimum absolute atomic E-state index is 0.0416. The van der Waals surface area contributed by atoms with Crippen molar-refractivity contribution in [2.24, 2.45) is 0 Å². The van der Waals surface area contributed by atoms with E-state index in [1.807, 2.05) is 34.6 Å². The number of aromatic nitrogens is 6. The molecule has 110 heavy (non-hydrogen) atoms. The molecule has 0 bridgehead atoms. The molecule has 0 radical (unpaired) electrons. The molecule has 3 fully saturated rings. The van der Waals surface area contributed by atoms with Gasteiger partial charge in [-0.3, -0.25) is 28.1 Å². The molecular weight excluding hydrogens is 1570 g/mol. The maximum Gasteiger partial charge on any atom is 0.350 e. The van der Waals surface area contributed by atoms with Gasteiger partial charge < -0.3 is 43.6 Å². The summed E-state index contributed by atoms with van der Waals surface area (Å²) in [7, 11) is 4.73. The Hall–Kier alpha value is -8.49. The maximum absolute atomic E-state index is 15.0. The van der Waals surface area contributed by atoms with Crippen molar-refractivity contribution in [2.75, 3.05) is 139 Å². The average molecular weight is 1640 g/mol. The fraction of sp³-hybridized carbons (Fsp3) is 0.338. The first-order chi connectivity index (χ1) is 52.8. The van der Waals surface area contributed by atoms with Crippen molar-refractivity contribution >= 4 is 150 Å². The largest absolute Gasteiger partial charge is 0.383 e. The van der Waals surface area contributed by atoms with E-state index in [-0.39, 0.29) is 92.2 Å². The summed E-state index contributed by atoms with van der Waals surface area (Å²) < 4.78 is 92.1. The van der Waals surface area contributed by atoms with Crippen LogP contribution in [0.25, 0.3) is 66.1 Å². The van der Waals surface area contributed by atoms with E-state index in [4.69, 9.17) is 60.6 Å². The number of benzene rings is 6. The van der Waals surface area contributed by atoms with Crippen LogP contribution in [0.2, 0.25) is 20.1 Å². The molecule has 0 spiro atoms. The van der Waals surface area contributed by atoms with Crippen molar-refractivity contribution in [2.45, 2.75) is 58.7 Å². The highest BCUT2D eigenvalue weighted by atomic mass is 35.5. The van der Waals surface area contributed by atoms with Gasteiger partial charge in [0.05, 0.1) is 74.6 Å². The van der Waals surface area contributed by atoms with E-state index in [2.05, 4.69) is 39.6 Å². The zero-order chi connectivity index (χ0) is 78.4. The lowest BCUT2D eigenvalue weighted by Gasteiger charge is -2.45. The van der Waals surface area contributed by atoms with Crippen LogP contribution < -0.4 is 31.8 Å². The summed E-state index contributed by atoms with van der Waals surface area (Å²) >= 11 is 30.9. The molecule has 9 heterocycles. The second kappa shape index (κ2) is 33.4. The normalized spacial score (nSPS) is 18.8. The molecule has 21 nitrogen and oxygen atoms in total. The highest BCUT2D eigenvalue weighted by Crippen LogP contribution is 2.52. The monoisotopic (exact) mass is 1640 g/mol. The molecule has 33 heteroatoms. The number of methoxy groups -OCH3 is 3. The summed E-state index contributed by atoms with van der Waals surface area (Å²) in [5.41, 5.74) is 3.11. The number of hydrogen-bond acceptors (Lipinski definition) is 18. The number of ether oxygens (including phenoxy) is 3. The zero-order valence-electron chi connectivity index (χ0n) is 60.1. The number of rotatable bonds is 15. The standard InChI is InChI=1S/C27H28ClFN4O3S.C25H22Cl2F2N4O3S.C25H23ClF2N4O3S/c1-5-22(34)32-15(2)11-31(12-16(32)3)26-20-10-21(28)23(17-6-8-18(29)9-7-17)25-24(20)33(27(35)30-26)19(13-36-4)14-37-25;1-3-20(34)31-4-6-32(7-5-31)24-15-9-17(27)21(14-8-16(26)19(29)10-18(14)28)23-22(15)33(25(35)30-24)13(11-36-2)12-37-23;1-3-20(33)30-6-8-31(9-7-30)24-17-11-18(26)21(16-5-4-14(27)10-19(16)28)23-22(17)32(25(34)29-24)15(12-35-2)13-36-23/h5-10,15-16,19H,1,11-14H2,2-4H3;3,8-10,13H,1,4-7,11-12H2,2H3;3-5,10-11,15H,1,6-9,12-13H2,2H3/t15-,16+,19?;;. The molecule has 5 atom stereocenters. The minimum Gasteiger partial charge on any atom is -0.383 e. The number of thioether (sulfide) groups is 3. The summed E-state index contributed by atoms with van der Waals surface area (Å²) in [4.78, 5) is 103. The van der Waals surface area contributed by atoms with Crippen LogP contribution in [0.1, 0.15) is 32.0 Å². The first kappa shape index (κ1) is 79.6. The van der Waals surface area contributed by atoms with Gasteiger partial charge in [0.15, 0.2) is 0 Å². The van der Waals surface area contributed by atoms with Crippen LogP contribution in [0.15, 0.2) is 140 Å². The van der Waals surface area contributed by atoms with Crippen LogP contribution in [0.5, 0.6) is 0 Å². The summed E-state index contributed by atoms with van der Waals surface area (Å²) in [6, 6.07) is 15.7. The van der Waals surface area contributed by atoms with Crippen LogP contribution in [0, 0.1) is 29.1 Å². The molecule has 6 aromatic carbocycles. The van der Waals surface area contributed by atoms with Gasteiger partial charge in [0.2, 0.25) is 17.7 Å². The summed E-state index contributed by atoms with van der Waals surface area (Å²) in [6.07, 6.45) is 3.89. The SMILES string of the molecule is C=CC(=O)N1CCN(c2nc(=O)n3c4c(c(-c5cc(Cl)c(F)cc5F)c(Cl)cc24)SCC3COC)CC1.C=CC(=O)N1CCN(c2nc(=O)n3c4c(c(-c5ccc(F)cc5F)c(Cl)cc24)SCC3COC)CC1.C=CC(=O)N1[C@H](C)CN(c2nc(=O)n3c4c(c(-c5ccc(F)cc5)c(Cl)cc24)SCC3COC)C[C@@H]1C. The van der Waals surface area contributed by atoms with Crippen molar-refractivity contribution in [1.82, 2.24) is 43.4 Å². The predicted molar refractivity (Wildman–Crippen MR) is 425 cm³/mol. The fourth-order valence-electron chi connectivity index (χ4n) is 15.2. The zero-order valence-corrected chi connectivity index (χ0v) is 65.6. The lowest BCUT2D eigenvalue weighted by molar-refractivity contribution is -0.130. The van der Waals surface area contributed by atoms with Gasteiger partial charge in [-0.1, -0.05) is 78.3 Å². The third-order valence-electron chi connectivity index (χ3n) is 20.1. The van der Waals surface area contributed by atoms with Gasteiger partial charge in [0, 0.05) is 187 Å². The average Bonchev–Trinajstić information content (AvgIpc) is 0.734. The van der Waals surface area contributed by atoms with Gasteiger partial charge in [-0.05, 0) is 86.2 Å². The van der Waals surface area contributed by atoms with Gasteiger partial charge in [-0.2, -0.15) is 15.0 Å². The predicted octanol–water partition coefficient (Wildman–Crippen LogP) is 13.7. The molecule has 3 saturated heterocycles. The van der Waals surface area contributed by atoms with Gasteiger partial charge >= 0.3 is 17.1 Å². The molecule has 0 saturated carbocycles. The van der Waals surface area contributed by atoms with Crippen LogP contribution >= 0.6 is 81.7 Å². The van der Waals surface area contributed by atoms with E-state index in [0.29, 0.717) is 161 Å². The number of hydrogen-bond donors (Lipinski definition) is 0. The lowest BCUT2D eigenvalue weighted by Crippen LogP contribution is -2.58. The second-order valence-corrected chi connectivity index (χ2v) is 31.6. The molecule has 0 N–H and O–H groups in total. The first-order valence-corrected chi connectivity index (χ1v) is 39.4. The van der Waals surface area contributed by atoms with E-state index in [1.165, 1.54) is 72.1 Å². The smallest absolute Gasteiger partial charge is 0.350 e. The van der Waals surface area contributed by atoms with Crippen LogP contribution in [-0.4, -0.2) is 197 Å². The molecule has 6 aliphatic rings. The molecule has 3 aromatic heterocycles. The topological polar surface area (TPSA) is 203 Å². The molecular formula is C77H73Cl4F5N12O9S3. The van der Waals surface area contributed by atoms with E-state index in [1.54, 1.807) is 80.9 Å². The van der Waals surface area contributed by atoms with E-state index in [9.17, 15) is 50.7 Å². The fourth-order valence-corrected chi connectivity index (χ4v) is 20.4. The summed E-state index contributed by atoms with van der Waals surface area (Å²) in [6.45, 7) is 20.3. The van der Waals surface area contributed by atoms with E-state index in [0.717, 1.165) is 39.1 Å². The Morgan fingerprint density at radius 3 is 1.24 bits per heavy atom. The van der Waals surface area contributed by atoms with Crippen molar-refractivity contribution in [3.63, 3.8) is 0 Å². The third kappa shape index (κ3) is 15.1. The van der Waals surface area contributed by atoms with Crippen LogP contribution in [0.3, 0.4) is 0 Å². The summed E-state index contributed by atoms with van der Waals surface area (Å²) in [5, 5.41) is 2.79. The van der Waals surface area contributed by atoms with Crippen molar-refractivity contribution in [3.8, 4) is 33.4 Å². The maximum atomic E-state index is 15.0. The Bertz CT molecular complexity index is 5410. The van der Waals surface area contributed by atoms with Gasteiger partial charge in [0.25, 0.3) is 0 Å². The molecule has 3 unspecified atom stereocenters. The Labute approximate surface area is 661 Å². The molecule has 576 valence electrons. The lowest BCUT2D eigenvalue weighted by atomic mass is 10.0. The van der Waals surface area contributed by atoms with E-state index < -0.39 is 34.6 Å². The number of carbonyl (C=O) groups is 3. The molecule has 6 aliphatic heterocycles. The van der Waals surface area contributed by atoms with Crippen LogP contribution in [-0.2, 0) is 28.6 Å². The Morgan fingerprint density at radius 2 is 0.836 bits per heavy atom. The number of anilines is 3. The molecule has 0 aliphatic carbocycles. The number of piperazine rings is 3. The third-order valence-corrected chi connectivity index (χ3v) is 25.0. The Morgan fingerprint density at radius 1 is 0.464 bits per heavy atom. The quantitative estimate of drug-likeness (QED) is 0.0532. The van der Waals surface area contributed by atoms with Gasteiger partial charge in [0.1, 0.15) is 46.5 Å². The molecule has 9 aromatic rings. The number of nitrogens with zero attached hydrogens (tertiary/aromatic N) is 12. The molecule has 15 rings (SSSR count).